The summed E-state index contributed by atoms with van der Waals surface area (Å²) in [6, 6.07) is 9.87. The Labute approximate surface area is 155 Å². The maximum Gasteiger partial charge on any atom is 0.237 e. The first-order valence-electron chi connectivity index (χ1n) is 9.34. The summed E-state index contributed by atoms with van der Waals surface area (Å²) >= 11 is 0. The normalized spacial score (nSPS) is 22.4. The molecule has 1 aromatic rings. The molecular weight excluding hydrogens is 330 g/mol. The minimum Gasteiger partial charge on any atom is -0.380 e. The van der Waals surface area contributed by atoms with Gasteiger partial charge in [-0.3, -0.25) is 14.5 Å². The Morgan fingerprint density at radius 2 is 2.08 bits per heavy atom. The van der Waals surface area contributed by atoms with Gasteiger partial charge in [0, 0.05) is 38.6 Å². The smallest absolute Gasteiger partial charge is 0.237 e. The quantitative estimate of drug-likeness (QED) is 0.786. The molecule has 0 aromatic heterocycles. The van der Waals surface area contributed by atoms with Crippen molar-refractivity contribution in [2.75, 3.05) is 46.4 Å². The van der Waals surface area contributed by atoms with Crippen LogP contribution in [-0.4, -0.2) is 74.1 Å². The number of amides is 2. The molecule has 142 valence electrons. The van der Waals surface area contributed by atoms with Crippen LogP contribution in [0, 0.1) is 5.41 Å². The Morgan fingerprint density at radius 1 is 1.35 bits per heavy atom. The number of ether oxygens (including phenoxy) is 1. The third-order valence-electron chi connectivity index (χ3n) is 5.29. The lowest BCUT2D eigenvalue weighted by molar-refractivity contribution is -0.146. The van der Waals surface area contributed by atoms with Gasteiger partial charge in [-0.2, -0.15) is 0 Å². The molecule has 2 heterocycles. The largest absolute Gasteiger partial charge is 0.380 e. The molecule has 2 fully saturated rings. The highest BCUT2D eigenvalue weighted by atomic mass is 16.5. The lowest BCUT2D eigenvalue weighted by Gasteiger charge is -2.41. The first kappa shape index (κ1) is 18.9. The van der Waals surface area contributed by atoms with Crippen molar-refractivity contribution >= 4 is 11.8 Å². The standard InChI is InChI=1S/C20H29N3O3/c1-20(14-26-15-20)13-22(2)18(24)12-17-19(25)21-9-11-23(17)10-8-16-6-4-3-5-7-16/h3-7,17H,8-15H2,1-2H3,(H,21,25)/t17-/m0/s1. The lowest BCUT2D eigenvalue weighted by atomic mass is 9.88. The van der Waals surface area contributed by atoms with E-state index in [1.165, 1.54) is 5.56 Å². The van der Waals surface area contributed by atoms with Gasteiger partial charge >= 0.3 is 0 Å². The van der Waals surface area contributed by atoms with E-state index in [1.807, 2.05) is 25.2 Å². The van der Waals surface area contributed by atoms with Crippen LogP contribution in [-0.2, 0) is 20.7 Å². The van der Waals surface area contributed by atoms with E-state index in [-0.39, 0.29) is 29.7 Å². The Balaban J connectivity index is 1.57. The maximum absolute atomic E-state index is 12.7. The van der Waals surface area contributed by atoms with Crippen molar-refractivity contribution in [2.45, 2.75) is 25.8 Å². The minimum atomic E-state index is -0.382. The molecule has 2 saturated heterocycles. The molecule has 1 atom stereocenters. The Kier molecular flexibility index (Phi) is 5.94. The maximum atomic E-state index is 12.7. The van der Waals surface area contributed by atoms with Crippen molar-refractivity contribution in [2.24, 2.45) is 5.41 Å². The van der Waals surface area contributed by atoms with Gasteiger partial charge in [-0.1, -0.05) is 37.3 Å². The van der Waals surface area contributed by atoms with E-state index in [1.54, 1.807) is 4.90 Å². The molecule has 2 aliphatic rings. The van der Waals surface area contributed by atoms with Crippen molar-refractivity contribution in [3.8, 4) is 0 Å². The van der Waals surface area contributed by atoms with E-state index >= 15 is 0 Å². The van der Waals surface area contributed by atoms with Gasteiger partial charge in [0.25, 0.3) is 0 Å². The summed E-state index contributed by atoms with van der Waals surface area (Å²) < 4.78 is 5.27. The zero-order chi connectivity index (χ0) is 18.6. The predicted octanol–water partition coefficient (Wildman–Crippen LogP) is 0.915. The number of carbonyl (C=O) groups is 2. The first-order chi connectivity index (χ1) is 12.5. The Morgan fingerprint density at radius 3 is 2.73 bits per heavy atom. The third kappa shape index (κ3) is 4.62. The van der Waals surface area contributed by atoms with Crippen molar-refractivity contribution in [1.29, 1.82) is 0 Å². The van der Waals surface area contributed by atoms with Crippen LogP contribution in [0.25, 0.3) is 0 Å². The highest BCUT2D eigenvalue weighted by Crippen LogP contribution is 2.27. The molecular formula is C20H29N3O3. The van der Waals surface area contributed by atoms with Crippen LogP contribution in [0.4, 0.5) is 0 Å². The van der Waals surface area contributed by atoms with Crippen LogP contribution in [0.15, 0.2) is 30.3 Å². The molecule has 1 aromatic carbocycles. The Hall–Kier alpha value is -1.92. The molecule has 0 spiro atoms. The SMILES string of the molecule is CN(CC1(C)COC1)C(=O)C[C@H]1C(=O)NCCN1CCc1ccccc1. The molecule has 0 unspecified atom stereocenters. The number of benzene rings is 1. The zero-order valence-corrected chi connectivity index (χ0v) is 15.7. The highest BCUT2D eigenvalue weighted by molar-refractivity contribution is 5.88. The number of nitrogens with zero attached hydrogens (tertiary/aromatic N) is 2. The van der Waals surface area contributed by atoms with Crippen LogP contribution in [0.3, 0.4) is 0 Å². The fraction of sp³-hybridized carbons (Fsp3) is 0.600. The number of nitrogens with one attached hydrogen (secondary N) is 1. The number of piperazine rings is 1. The summed E-state index contributed by atoms with van der Waals surface area (Å²) in [5.74, 6) is -0.0193. The second-order valence-electron chi connectivity index (χ2n) is 7.84. The van der Waals surface area contributed by atoms with E-state index in [0.29, 0.717) is 26.3 Å². The molecule has 6 heteroatoms. The van der Waals surface area contributed by atoms with Gasteiger partial charge < -0.3 is 15.0 Å². The predicted molar refractivity (Wildman–Crippen MR) is 99.7 cm³/mol. The fourth-order valence-corrected chi connectivity index (χ4v) is 3.69. The molecule has 0 saturated carbocycles. The molecule has 1 N–H and O–H groups in total. The summed E-state index contributed by atoms with van der Waals surface area (Å²) in [4.78, 5) is 29.0. The molecule has 0 radical (unpaired) electrons. The van der Waals surface area contributed by atoms with Crippen molar-refractivity contribution in [1.82, 2.24) is 15.1 Å². The minimum absolute atomic E-state index is 0.0184. The zero-order valence-electron chi connectivity index (χ0n) is 15.7. The summed E-state index contributed by atoms with van der Waals surface area (Å²) in [6.45, 7) is 6.39. The van der Waals surface area contributed by atoms with Gasteiger partial charge in [0.15, 0.2) is 0 Å². The molecule has 2 amide bonds. The molecule has 6 nitrogen and oxygen atoms in total. The van der Waals surface area contributed by atoms with Gasteiger partial charge in [-0.05, 0) is 12.0 Å². The number of hydrogen-bond donors (Lipinski definition) is 1. The van der Waals surface area contributed by atoms with Crippen molar-refractivity contribution < 1.29 is 14.3 Å². The average molecular weight is 359 g/mol. The van der Waals surface area contributed by atoms with Gasteiger partial charge in [0.2, 0.25) is 11.8 Å². The van der Waals surface area contributed by atoms with E-state index in [2.05, 4.69) is 29.3 Å². The monoisotopic (exact) mass is 359 g/mol. The highest BCUT2D eigenvalue weighted by Gasteiger charge is 2.37. The molecule has 0 bridgehead atoms. The summed E-state index contributed by atoms with van der Waals surface area (Å²) in [6.07, 6.45) is 1.11. The summed E-state index contributed by atoms with van der Waals surface area (Å²) in [7, 11) is 1.82. The van der Waals surface area contributed by atoms with Crippen LogP contribution < -0.4 is 5.32 Å². The van der Waals surface area contributed by atoms with E-state index in [0.717, 1.165) is 19.5 Å². The Bertz CT molecular complexity index is 630. The second-order valence-corrected chi connectivity index (χ2v) is 7.84. The van der Waals surface area contributed by atoms with Gasteiger partial charge in [-0.15, -0.1) is 0 Å². The first-order valence-corrected chi connectivity index (χ1v) is 9.34. The second kappa shape index (κ2) is 8.18. The van der Waals surface area contributed by atoms with Crippen LogP contribution in [0.5, 0.6) is 0 Å². The fourth-order valence-electron chi connectivity index (χ4n) is 3.69. The number of rotatable bonds is 7. The van der Waals surface area contributed by atoms with E-state index in [4.69, 9.17) is 4.74 Å². The van der Waals surface area contributed by atoms with Crippen LogP contribution >= 0.6 is 0 Å². The van der Waals surface area contributed by atoms with Crippen molar-refractivity contribution in [3.63, 3.8) is 0 Å². The van der Waals surface area contributed by atoms with Crippen molar-refractivity contribution in [3.05, 3.63) is 35.9 Å². The van der Waals surface area contributed by atoms with Gasteiger partial charge in [0.1, 0.15) is 0 Å². The topological polar surface area (TPSA) is 61.9 Å². The third-order valence-corrected chi connectivity index (χ3v) is 5.29. The lowest BCUT2D eigenvalue weighted by Crippen LogP contribution is -2.57. The molecule has 0 aliphatic carbocycles. The van der Waals surface area contributed by atoms with Gasteiger partial charge in [0.05, 0.1) is 25.7 Å². The van der Waals surface area contributed by atoms with E-state index in [9.17, 15) is 9.59 Å². The molecule has 26 heavy (non-hydrogen) atoms. The number of carbonyl (C=O) groups excluding carboxylic acids is 2. The summed E-state index contributed by atoms with van der Waals surface area (Å²) in [5, 5.41) is 2.90. The summed E-state index contributed by atoms with van der Waals surface area (Å²) in [5.41, 5.74) is 1.30. The van der Waals surface area contributed by atoms with E-state index < -0.39 is 0 Å². The van der Waals surface area contributed by atoms with Crippen LogP contribution in [0.2, 0.25) is 0 Å². The average Bonchev–Trinajstić information content (AvgIpc) is 2.61. The molecule has 3 rings (SSSR count). The van der Waals surface area contributed by atoms with Crippen LogP contribution in [0.1, 0.15) is 18.9 Å². The molecule has 2 aliphatic heterocycles. The number of hydrogen-bond acceptors (Lipinski definition) is 4. The van der Waals surface area contributed by atoms with Gasteiger partial charge in [-0.25, -0.2) is 0 Å².